The Bertz CT molecular complexity index is 323. The lowest BCUT2D eigenvalue weighted by Gasteiger charge is -2.40. The molecule has 0 N–H and O–H groups in total. The van der Waals surface area contributed by atoms with Crippen LogP contribution in [0.2, 0.25) is 0 Å². The van der Waals surface area contributed by atoms with Gasteiger partial charge in [0.05, 0.1) is 12.2 Å². The van der Waals surface area contributed by atoms with Crippen LogP contribution in [0.1, 0.15) is 91.9 Å². The summed E-state index contributed by atoms with van der Waals surface area (Å²) in [5.74, 6) is 0. The first kappa shape index (κ1) is 24.6. The first-order chi connectivity index (χ1) is 12.0. The molecule has 150 valence electrons. The van der Waals surface area contributed by atoms with Gasteiger partial charge in [0, 0.05) is 14.2 Å². The molecule has 0 saturated carbocycles. The Balaban J connectivity index is 5.54. The van der Waals surface area contributed by atoms with Crippen LogP contribution in [0.25, 0.3) is 0 Å². The molecule has 0 rings (SSSR count). The molecule has 0 aromatic heterocycles. The first-order valence-corrected chi connectivity index (χ1v) is 11.7. The van der Waals surface area contributed by atoms with Crippen molar-refractivity contribution in [2.45, 2.75) is 97.5 Å². The number of carbonyl (C=O) groups excluding carboxylic acids is 1. The predicted molar refractivity (Wildman–Crippen MR) is 104 cm³/mol. The van der Waals surface area contributed by atoms with Crippen molar-refractivity contribution in [1.29, 1.82) is 0 Å². The second kappa shape index (κ2) is 13.7. The highest BCUT2D eigenvalue weighted by atomic mass is 28.4. The van der Waals surface area contributed by atoms with Gasteiger partial charge in [-0.15, -0.1) is 0 Å². The van der Waals surface area contributed by atoms with Crippen LogP contribution < -0.4 is 0 Å². The van der Waals surface area contributed by atoms with E-state index in [1.165, 1.54) is 14.2 Å². The molecule has 0 amide bonds. The van der Waals surface area contributed by atoms with Gasteiger partial charge >= 0.3 is 14.4 Å². The predicted octanol–water partition coefficient (Wildman–Crippen LogP) is 5.67. The average molecular weight is 377 g/mol. The minimum absolute atomic E-state index is 0.357. The van der Waals surface area contributed by atoms with E-state index in [4.69, 9.17) is 18.0 Å². The van der Waals surface area contributed by atoms with Gasteiger partial charge in [0.15, 0.2) is 0 Å². The highest BCUT2D eigenvalue weighted by molar-refractivity contribution is 6.90. The molecule has 6 heteroatoms. The van der Waals surface area contributed by atoms with E-state index < -0.39 is 14.4 Å². The van der Waals surface area contributed by atoms with Gasteiger partial charge in [-0.1, -0.05) is 66.2 Å². The van der Waals surface area contributed by atoms with E-state index in [1.807, 2.05) is 6.92 Å². The van der Waals surface area contributed by atoms with Crippen LogP contribution in [0, 0.1) is 0 Å². The van der Waals surface area contributed by atoms with Crippen molar-refractivity contribution in [3.05, 3.63) is 0 Å². The van der Waals surface area contributed by atoms with Crippen molar-refractivity contribution in [1.82, 2.24) is 0 Å². The molecular weight excluding hydrogens is 336 g/mol. The molecule has 0 aromatic carbocycles. The second-order valence-electron chi connectivity index (χ2n) is 6.70. The molecule has 0 aliphatic rings. The Kier molecular flexibility index (Phi) is 13.5. The zero-order chi connectivity index (χ0) is 19.2. The molecule has 0 radical (unpaired) electrons. The lowest BCUT2D eigenvalue weighted by molar-refractivity contribution is -0.0370. The molecule has 0 saturated heterocycles. The molecule has 0 fully saturated rings. The van der Waals surface area contributed by atoms with Gasteiger partial charge in [0.25, 0.3) is 0 Å². The third-order valence-electron chi connectivity index (χ3n) is 4.53. The van der Waals surface area contributed by atoms with Gasteiger partial charge in [-0.2, -0.15) is 0 Å². The summed E-state index contributed by atoms with van der Waals surface area (Å²) in [5, 5.41) is 0. The van der Waals surface area contributed by atoms with Crippen LogP contribution in [-0.4, -0.2) is 40.8 Å². The quantitative estimate of drug-likeness (QED) is 0.325. The molecule has 0 aliphatic carbocycles. The van der Waals surface area contributed by atoms with Gasteiger partial charge < -0.3 is 18.0 Å². The number of hydrogen-bond acceptors (Lipinski definition) is 5. The summed E-state index contributed by atoms with van der Waals surface area (Å²) in [6, 6.07) is 0. The summed E-state index contributed by atoms with van der Waals surface area (Å²) in [5.41, 5.74) is -0.834. The Labute approximate surface area is 156 Å². The monoisotopic (exact) mass is 376 g/mol. The van der Waals surface area contributed by atoms with Gasteiger partial charge in [-0.05, 0) is 25.7 Å². The fourth-order valence-corrected chi connectivity index (χ4v) is 4.87. The standard InChI is InChI=1S/C19H40O5Si/c1-7-11-14-19(15-12-8-2,16-13-9-3)24-25(21-5,22-6)18(20)23-17-10-4/h7-17H2,1-6H3. The van der Waals surface area contributed by atoms with E-state index in [1.54, 1.807) is 0 Å². The maximum atomic E-state index is 12.6. The first-order valence-electron chi connectivity index (χ1n) is 9.97. The van der Waals surface area contributed by atoms with E-state index in [2.05, 4.69) is 20.8 Å². The molecular formula is C19H40O5Si. The fraction of sp³-hybridized carbons (Fsp3) is 0.947. The number of ether oxygens (including phenoxy) is 1. The van der Waals surface area contributed by atoms with E-state index in [-0.39, 0.29) is 5.60 Å². The molecule has 25 heavy (non-hydrogen) atoms. The summed E-state index contributed by atoms with van der Waals surface area (Å²) in [6.45, 7) is 8.85. The normalized spacial score (nSPS) is 12.4. The molecule has 0 spiro atoms. The average Bonchev–Trinajstić information content (AvgIpc) is 2.65. The van der Waals surface area contributed by atoms with Crippen molar-refractivity contribution in [3.8, 4) is 0 Å². The van der Waals surface area contributed by atoms with E-state index in [0.717, 1.165) is 64.2 Å². The largest absolute Gasteiger partial charge is 0.621 e. The van der Waals surface area contributed by atoms with E-state index in [0.29, 0.717) is 6.61 Å². The van der Waals surface area contributed by atoms with E-state index in [9.17, 15) is 4.79 Å². The Morgan fingerprint density at radius 3 is 1.56 bits per heavy atom. The van der Waals surface area contributed by atoms with Crippen molar-refractivity contribution in [2.24, 2.45) is 0 Å². The molecule has 5 nitrogen and oxygen atoms in total. The van der Waals surface area contributed by atoms with Gasteiger partial charge in [0.1, 0.15) is 0 Å². The molecule has 0 unspecified atom stereocenters. The Morgan fingerprint density at radius 2 is 1.24 bits per heavy atom. The molecule has 0 aliphatic heterocycles. The lowest BCUT2D eigenvalue weighted by Crippen LogP contribution is -2.58. The van der Waals surface area contributed by atoms with Crippen LogP contribution in [0.4, 0.5) is 4.79 Å². The summed E-state index contributed by atoms with van der Waals surface area (Å²) >= 11 is 0. The highest BCUT2D eigenvalue weighted by Gasteiger charge is 2.56. The third-order valence-corrected chi connectivity index (χ3v) is 6.95. The molecule has 0 atom stereocenters. The Hall–Kier alpha value is -0.433. The van der Waals surface area contributed by atoms with Crippen LogP contribution >= 0.6 is 0 Å². The number of unbranched alkanes of at least 4 members (excludes halogenated alkanes) is 3. The van der Waals surface area contributed by atoms with Gasteiger partial charge in [0.2, 0.25) is 0 Å². The number of carbonyl (C=O) groups is 1. The summed E-state index contributed by atoms with van der Waals surface area (Å²) in [6.07, 6.45) is 10.0. The van der Waals surface area contributed by atoms with Crippen molar-refractivity contribution < 1.29 is 22.8 Å². The van der Waals surface area contributed by atoms with Crippen molar-refractivity contribution in [3.63, 3.8) is 0 Å². The van der Waals surface area contributed by atoms with Crippen molar-refractivity contribution in [2.75, 3.05) is 20.8 Å². The fourth-order valence-electron chi connectivity index (χ4n) is 2.97. The van der Waals surface area contributed by atoms with Crippen LogP contribution in [0.3, 0.4) is 0 Å². The maximum absolute atomic E-state index is 12.6. The molecule has 0 heterocycles. The topological polar surface area (TPSA) is 54.0 Å². The summed E-state index contributed by atoms with van der Waals surface area (Å²) in [4.78, 5) is 12.6. The molecule has 0 bridgehead atoms. The third kappa shape index (κ3) is 8.20. The van der Waals surface area contributed by atoms with Gasteiger partial charge in [-0.3, -0.25) is 0 Å². The van der Waals surface area contributed by atoms with Crippen molar-refractivity contribution >= 4 is 14.4 Å². The zero-order valence-corrected chi connectivity index (χ0v) is 18.3. The Morgan fingerprint density at radius 1 is 0.800 bits per heavy atom. The SMILES string of the molecule is CCCCC(CCCC)(CCCC)O[Si](OC)(OC)C(=O)OCCC. The zero-order valence-electron chi connectivity index (χ0n) is 17.3. The van der Waals surface area contributed by atoms with Crippen LogP contribution in [0.5, 0.6) is 0 Å². The second-order valence-corrected chi connectivity index (χ2v) is 9.24. The van der Waals surface area contributed by atoms with Gasteiger partial charge in [-0.25, -0.2) is 4.79 Å². The minimum atomic E-state index is -3.53. The summed E-state index contributed by atoms with van der Waals surface area (Å²) < 4.78 is 23.0. The summed E-state index contributed by atoms with van der Waals surface area (Å²) in [7, 11) is -0.544. The van der Waals surface area contributed by atoms with E-state index >= 15 is 0 Å². The molecule has 0 aromatic rings. The van der Waals surface area contributed by atoms with Crippen LogP contribution in [-0.2, 0) is 18.0 Å². The van der Waals surface area contributed by atoms with Crippen LogP contribution in [0.15, 0.2) is 0 Å². The number of rotatable bonds is 16. The maximum Gasteiger partial charge on any atom is 0.621 e. The lowest BCUT2D eigenvalue weighted by atomic mass is 9.86. The smallest absolute Gasteiger partial charge is 0.463 e. The minimum Gasteiger partial charge on any atom is -0.463 e. The number of hydrogen-bond donors (Lipinski definition) is 0. The highest BCUT2D eigenvalue weighted by Crippen LogP contribution is 2.35.